The summed E-state index contributed by atoms with van der Waals surface area (Å²) in [5, 5.41) is 10.4. The van der Waals surface area contributed by atoms with Gasteiger partial charge < -0.3 is 10.8 Å². The molecule has 152 valence electrons. The molecule has 1 aliphatic rings. The van der Waals surface area contributed by atoms with Gasteiger partial charge in [0.2, 0.25) is 0 Å². The number of rotatable bonds is 4. The number of sulfone groups is 1. The number of nitrogens with zero attached hydrogens (tertiary/aromatic N) is 1. The summed E-state index contributed by atoms with van der Waals surface area (Å²) >= 11 is 0. The molecule has 1 heterocycles. The first kappa shape index (κ1) is 20.6. The molecular formula is C19H24N2O5S2. The zero-order chi connectivity index (χ0) is 20.9. The van der Waals surface area contributed by atoms with E-state index in [0.717, 1.165) is 15.4 Å². The smallest absolute Gasteiger partial charge is 0.264 e. The molecule has 0 aromatic heterocycles. The maximum absolute atomic E-state index is 13.6. The third-order valence-corrected chi connectivity index (χ3v) is 8.76. The predicted molar refractivity (Wildman–Crippen MR) is 110 cm³/mol. The van der Waals surface area contributed by atoms with Gasteiger partial charge >= 0.3 is 0 Å². The van der Waals surface area contributed by atoms with Crippen LogP contribution in [0.1, 0.15) is 16.7 Å². The molecule has 1 saturated heterocycles. The summed E-state index contributed by atoms with van der Waals surface area (Å²) in [7, 11) is -7.69. The Morgan fingerprint density at radius 1 is 1.00 bits per heavy atom. The van der Waals surface area contributed by atoms with Crippen molar-refractivity contribution in [2.45, 2.75) is 37.8 Å². The highest BCUT2D eigenvalue weighted by molar-refractivity contribution is 7.93. The van der Waals surface area contributed by atoms with Crippen molar-refractivity contribution in [3.8, 4) is 0 Å². The Morgan fingerprint density at radius 3 is 2.11 bits per heavy atom. The quantitative estimate of drug-likeness (QED) is 0.719. The van der Waals surface area contributed by atoms with Crippen molar-refractivity contribution >= 4 is 31.2 Å². The number of nitrogens with two attached hydrogens (primary N) is 1. The molecule has 2 aromatic carbocycles. The lowest BCUT2D eigenvalue weighted by molar-refractivity contribution is 0.184. The number of aliphatic hydroxyl groups excluding tert-OH is 1. The van der Waals surface area contributed by atoms with Gasteiger partial charge in [-0.05, 0) is 67.8 Å². The first-order chi connectivity index (χ1) is 12.9. The fourth-order valence-corrected chi connectivity index (χ4v) is 7.32. The Bertz CT molecular complexity index is 1110. The average molecular weight is 425 g/mol. The Kier molecular flexibility index (Phi) is 5.20. The van der Waals surface area contributed by atoms with E-state index in [-0.39, 0.29) is 10.6 Å². The van der Waals surface area contributed by atoms with Crippen molar-refractivity contribution in [2.75, 3.05) is 21.5 Å². The van der Waals surface area contributed by atoms with Gasteiger partial charge in [0.1, 0.15) is 0 Å². The van der Waals surface area contributed by atoms with Crippen LogP contribution in [0.5, 0.6) is 0 Å². The van der Waals surface area contributed by atoms with E-state index < -0.39 is 43.5 Å². The number of aryl methyl sites for hydroxylation is 3. The van der Waals surface area contributed by atoms with Crippen LogP contribution in [0.15, 0.2) is 41.3 Å². The van der Waals surface area contributed by atoms with Crippen LogP contribution >= 0.6 is 0 Å². The molecule has 0 radical (unpaired) electrons. The maximum Gasteiger partial charge on any atom is 0.264 e. The van der Waals surface area contributed by atoms with Gasteiger partial charge in [-0.25, -0.2) is 16.8 Å². The van der Waals surface area contributed by atoms with Gasteiger partial charge in [-0.2, -0.15) is 0 Å². The van der Waals surface area contributed by atoms with Crippen LogP contribution in [0.4, 0.5) is 11.4 Å². The minimum absolute atomic E-state index is 0.0870. The summed E-state index contributed by atoms with van der Waals surface area (Å²) in [5.41, 5.74) is 8.74. The minimum atomic E-state index is -4.14. The highest BCUT2D eigenvalue weighted by Crippen LogP contribution is 2.33. The van der Waals surface area contributed by atoms with Gasteiger partial charge in [0.25, 0.3) is 10.0 Å². The first-order valence-electron chi connectivity index (χ1n) is 8.79. The molecule has 3 N–H and O–H groups in total. The van der Waals surface area contributed by atoms with Gasteiger partial charge in [-0.1, -0.05) is 6.07 Å². The number of benzene rings is 2. The average Bonchev–Trinajstić information content (AvgIpc) is 2.85. The first-order valence-corrected chi connectivity index (χ1v) is 12.0. The largest absolute Gasteiger partial charge is 0.399 e. The molecule has 0 spiro atoms. The predicted octanol–water partition coefficient (Wildman–Crippen LogP) is 1.55. The standard InChI is InChI=1S/C19H24N2O5S2/c1-12-8-14(3)19(9-13(12)2)28(25,26)21(16-6-4-15(20)5-7-16)17-10-27(23,24)11-18(17)22/h4-9,17-18,22H,10-11,20H2,1-3H3/t17-,18-/m1/s1. The molecule has 9 heteroatoms. The fraction of sp³-hybridized carbons (Fsp3) is 0.368. The van der Waals surface area contributed by atoms with Gasteiger partial charge in [0.05, 0.1) is 34.2 Å². The van der Waals surface area contributed by atoms with Gasteiger partial charge in [-0.3, -0.25) is 4.31 Å². The monoisotopic (exact) mass is 424 g/mol. The number of nitrogen functional groups attached to an aromatic ring is 1. The molecular weight excluding hydrogens is 400 g/mol. The SMILES string of the molecule is Cc1cc(C)c(S(=O)(=O)N(c2ccc(N)cc2)[C@@H]2CS(=O)(=O)C[C@H]2O)cc1C. The Balaban J connectivity index is 2.21. The summed E-state index contributed by atoms with van der Waals surface area (Å²) in [6.07, 6.45) is -1.32. The molecule has 0 unspecified atom stereocenters. The molecule has 7 nitrogen and oxygen atoms in total. The van der Waals surface area contributed by atoms with Crippen LogP contribution < -0.4 is 10.0 Å². The summed E-state index contributed by atoms with van der Waals surface area (Å²) in [6, 6.07) is 8.37. The van der Waals surface area contributed by atoms with E-state index >= 15 is 0 Å². The number of anilines is 2. The molecule has 2 aromatic rings. The molecule has 1 fully saturated rings. The summed E-state index contributed by atoms with van der Waals surface area (Å²) in [4.78, 5) is 0.0870. The van der Waals surface area contributed by atoms with E-state index in [9.17, 15) is 21.9 Å². The van der Waals surface area contributed by atoms with Crippen molar-refractivity contribution in [1.82, 2.24) is 0 Å². The van der Waals surface area contributed by atoms with Gasteiger partial charge in [0, 0.05) is 5.69 Å². The van der Waals surface area contributed by atoms with Crippen LogP contribution in [-0.4, -0.2) is 45.6 Å². The zero-order valence-electron chi connectivity index (χ0n) is 16.0. The molecule has 0 amide bonds. The number of sulfonamides is 1. The van der Waals surface area contributed by atoms with Crippen LogP contribution in [0, 0.1) is 20.8 Å². The highest BCUT2D eigenvalue weighted by Gasteiger charge is 2.45. The lowest BCUT2D eigenvalue weighted by Gasteiger charge is -2.32. The highest BCUT2D eigenvalue weighted by atomic mass is 32.2. The van der Waals surface area contributed by atoms with Crippen molar-refractivity contribution in [2.24, 2.45) is 0 Å². The third kappa shape index (κ3) is 3.74. The molecule has 0 bridgehead atoms. The van der Waals surface area contributed by atoms with Crippen LogP contribution in [0.3, 0.4) is 0 Å². The lowest BCUT2D eigenvalue weighted by atomic mass is 10.1. The summed E-state index contributed by atoms with van der Waals surface area (Å²) in [6.45, 7) is 5.41. The maximum atomic E-state index is 13.6. The van der Waals surface area contributed by atoms with Gasteiger partial charge in [-0.15, -0.1) is 0 Å². The molecule has 0 saturated carbocycles. The van der Waals surface area contributed by atoms with Crippen molar-refractivity contribution in [3.05, 3.63) is 53.1 Å². The number of hydrogen-bond acceptors (Lipinski definition) is 6. The molecule has 2 atom stereocenters. The minimum Gasteiger partial charge on any atom is -0.399 e. The van der Waals surface area contributed by atoms with Crippen LogP contribution in [0.25, 0.3) is 0 Å². The Morgan fingerprint density at radius 2 is 1.57 bits per heavy atom. The second-order valence-electron chi connectivity index (χ2n) is 7.31. The zero-order valence-corrected chi connectivity index (χ0v) is 17.6. The molecule has 3 rings (SSSR count). The van der Waals surface area contributed by atoms with E-state index in [2.05, 4.69) is 0 Å². The van der Waals surface area contributed by atoms with E-state index in [4.69, 9.17) is 5.73 Å². The van der Waals surface area contributed by atoms with E-state index in [0.29, 0.717) is 11.3 Å². The fourth-order valence-electron chi connectivity index (χ4n) is 3.48. The second-order valence-corrected chi connectivity index (χ2v) is 11.2. The van der Waals surface area contributed by atoms with Crippen LogP contribution in [0.2, 0.25) is 0 Å². The van der Waals surface area contributed by atoms with Crippen molar-refractivity contribution in [3.63, 3.8) is 0 Å². The second kappa shape index (κ2) is 7.06. The molecule has 1 aliphatic heterocycles. The van der Waals surface area contributed by atoms with Crippen molar-refractivity contribution in [1.29, 1.82) is 0 Å². The topological polar surface area (TPSA) is 118 Å². The Hall–Kier alpha value is -2.10. The van der Waals surface area contributed by atoms with Crippen molar-refractivity contribution < 1.29 is 21.9 Å². The summed E-state index contributed by atoms with van der Waals surface area (Å²) < 4.78 is 52.4. The molecule has 28 heavy (non-hydrogen) atoms. The van der Waals surface area contributed by atoms with Crippen LogP contribution in [-0.2, 0) is 19.9 Å². The third-order valence-electron chi connectivity index (χ3n) is 5.07. The number of hydrogen-bond donors (Lipinski definition) is 2. The Labute approximate surface area is 165 Å². The van der Waals surface area contributed by atoms with E-state index in [1.807, 2.05) is 13.8 Å². The van der Waals surface area contributed by atoms with Gasteiger partial charge in [0.15, 0.2) is 9.84 Å². The summed E-state index contributed by atoms with van der Waals surface area (Å²) in [5.74, 6) is -0.910. The van der Waals surface area contributed by atoms with E-state index in [1.165, 1.54) is 12.1 Å². The molecule has 0 aliphatic carbocycles. The number of aliphatic hydroxyl groups is 1. The lowest BCUT2D eigenvalue weighted by Crippen LogP contribution is -2.47. The van der Waals surface area contributed by atoms with E-state index in [1.54, 1.807) is 31.2 Å². The normalized spacial score (nSPS) is 21.6.